The lowest BCUT2D eigenvalue weighted by Gasteiger charge is -2.33. The van der Waals surface area contributed by atoms with Gasteiger partial charge in [0.1, 0.15) is 5.82 Å². The van der Waals surface area contributed by atoms with Crippen molar-refractivity contribution in [2.24, 2.45) is 13.0 Å². The van der Waals surface area contributed by atoms with E-state index in [1.165, 1.54) is 11.5 Å². The highest BCUT2D eigenvalue weighted by Crippen LogP contribution is 2.24. The van der Waals surface area contributed by atoms with Gasteiger partial charge in [0.15, 0.2) is 0 Å². The molecule has 23 heavy (non-hydrogen) atoms. The maximum Gasteiger partial charge on any atom is 0.258 e. The molecule has 3 heterocycles. The number of amides is 2. The lowest BCUT2D eigenvalue weighted by Crippen LogP contribution is -2.45. The van der Waals surface area contributed by atoms with Crippen molar-refractivity contribution < 1.29 is 9.59 Å². The average molecular weight is 318 g/mol. The summed E-state index contributed by atoms with van der Waals surface area (Å²) in [5.74, 6) is 0.516. The Morgan fingerprint density at radius 3 is 2.65 bits per heavy atom. The molecule has 1 atom stereocenters. The third-order valence-electron chi connectivity index (χ3n) is 4.91. The molecule has 1 fully saturated rings. The molecule has 0 bridgehead atoms. The fourth-order valence-electron chi connectivity index (χ4n) is 3.41. The van der Waals surface area contributed by atoms with Crippen molar-refractivity contribution in [1.29, 1.82) is 0 Å². The molecule has 2 amide bonds. The van der Waals surface area contributed by atoms with Gasteiger partial charge < -0.3 is 9.80 Å². The van der Waals surface area contributed by atoms with Crippen LogP contribution in [0.2, 0.25) is 0 Å². The van der Waals surface area contributed by atoms with Crippen molar-refractivity contribution in [2.75, 3.05) is 13.1 Å². The quantitative estimate of drug-likeness (QED) is 0.741. The van der Waals surface area contributed by atoms with Crippen molar-refractivity contribution in [3.05, 3.63) is 27.4 Å². The number of hydrogen-bond acceptors (Lipinski definition) is 4. The Kier molecular flexibility index (Phi) is 3.95. The monoisotopic (exact) mass is 318 g/mol. The van der Waals surface area contributed by atoms with Gasteiger partial charge in [-0.15, -0.1) is 0 Å². The number of rotatable bonds is 1. The number of piperidine rings is 1. The highest BCUT2D eigenvalue weighted by molar-refractivity contribution is 5.81. The Hall–Kier alpha value is -2.18. The second kappa shape index (κ2) is 5.79. The van der Waals surface area contributed by atoms with Gasteiger partial charge in [-0.2, -0.15) is 0 Å². The number of aromatic nitrogens is 2. The number of carbonyl (C=O) groups is 2. The Morgan fingerprint density at radius 2 is 1.96 bits per heavy atom. The average Bonchev–Trinajstić information content (AvgIpc) is 2.96. The topological polar surface area (TPSA) is 75.5 Å². The minimum absolute atomic E-state index is 0.0124. The van der Waals surface area contributed by atoms with E-state index < -0.39 is 0 Å². The summed E-state index contributed by atoms with van der Waals surface area (Å²) >= 11 is 0. The zero-order chi connectivity index (χ0) is 16.7. The van der Waals surface area contributed by atoms with E-state index >= 15 is 0 Å². The molecule has 0 aliphatic carbocycles. The first kappa shape index (κ1) is 15.7. The van der Waals surface area contributed by atoms with Gasteiger partial charge in [-0.1, -0.05) is 0 Å². The molecule has 1 aromatic rings. The molecule has 0 N–H and O–H groups in total. The Morgan fingerprint density at radius 1 is 1.22 bits per heavy atom. The molecule has 0 aromatic carbocycles. The first-order valence-electron chi connectivity index (χ1n) is 7.98. The molecule has 124 valence electrons. The first-order valence-corrected chi connectivity index (χ1v) is 7.98. The van der Waals surface area contributed by atoms with Gasteiger partial charge in [0.05, 0.1) is 30.3 Å². The third-order valence-corrected chi connectivity index (χ3v) is 4.91. The van der Waals surface area contributed by atoms with Gasteiger partial charge >= 0.3 is 0 Å². The van der Waals surface area contributed by atoms with E-state index in [9.17, 15) is 14.4 Å². The van der Waals surface area contributed by atoms with Crippen LogP contribution >= 0.6 is 0 Å². The van der Waals surface area contributed by atoms with Gasteiger partial charge in [0.2, 0.25) is 11.8 Å². The minimum Gasteiger partial charge on any atom is -0.342 e. The molecule has 2 aliphatic rings. The molecule has 1 aromatic heterocycles. The fraction of sp³-hybridized carbons (Fsp3) is 0.625. The Labute approximate surface area is 134 Å². The molecule has 7 heteroatoms. The van der Waals surface area contributed by atoms with Crippen LogP contribution in [0, 0.1) is 12.8 Å². The maximum atomic E-state index is 12.8. The van der Waals surface area contributed by atoms with Crippen LogP contribution in [0.4, 0.5) is 0 Å². The molecule has 3 rings (SSSR count). The SMILES string of the molecule is CC(=O)N1CCCC(C(=O)N2Cc3nc(C)n(C)c(=O)c3C2)C1. The molecule has 2 aliphatic heterocycles. The van der Waals surface area contributed by atoms with Gasteiger partial charge in [-0.25, -0.2) is 4.98 Å². The van der Waals surface area contributed by atoms with Crippen LogP contribution in [-0.4, -0.2) is 44.3 Å². The number of aryl methyl sites for hydroxylation is 1. The molecule has 7 nitrogen and oxygen atoms in total. The smallest absolute Gasteiger partial charge is 0.258 e. The van der Waals surface area contributed by atoms with Crippen LogP contribution in [0.25, 0.3) is 0 Å². The standard InChI is InChI=1S/C16H22N4O3/c1-10-17-14-9-20(8-13(14)16(23)18(10)3)15(22)12-5-4-6-19(7-12)11(2)21/h12H,4-9H2,1-3H3. The van der Waals surface area contributed by atoms with E-state index in [1.807, 2.05) is 0 Å². The Balaban J connectivity index is 1.77. The third kappa shape index (κ3) is 2.75. The molecule has 1 saturated heterocycles. The van der Waals surface area contributed by atoms with E-state index in [0.717, 1.165) is 19.4 Å². The summed E-state index contributed by atoms with van der Waals surface area (Å²) in [6.45, 7) is 5.24. The number of carbonyl (C=O) groups excluding carboxylic acids is 2. The molecular formula is C16H22N4O3. The number of nitrogens with zero attached hydrogens (tertiary/aromatic N) is 4. The van der Waals surface area contributed by atoms with Crippen LogP contribution in [0.15, 0.2) is 4.79 Å². The van der Waals surface area contributed by atoms with E-state index in [4.69, 9.17) is 0 Å². The zero-order valence-electron chi connectivity index (χ0n) is 13.8. The summed E-state index contributed by atoms with van der Waals surface area (Å²) in [5, 5.41) is 0. The summed E-state index contributed by atoms with van der Waals surface area (Å²) in [5.41, 5.74) is 1.25. The molecule has 0 saturated carbocycles. The highest BCUT2D eigenvalue weighted by atomic mass is 16.2. The van der Waals surface area contributed by atoms with E-state index in [0.29, 0.717) is 36.7 Å². The van der Waals surface area contributed by atoms with Crippen LogP contribution < -0.4 is 5.56 Å². The van der Waals surface area contributed by atoms with Gasteiger partial charge in [-0.05, 0) is 19.8 Å². The van der Waals surface area contributed by atoms with Crippen molar-refractivity contribution in [3.8, 4) is 0 Å². The van der Waals surface area contributed by atoms with Gasteiger partial charge in [-0.3, -0.25) is 19.0 Å². The minimum atomic E-state index is -0.174. The predicted octanol–water partition coefficient (Wildman–Crippen LogP) is 0.189. The Bertz CT molecular complexity index is 725. The van der Waals surface area contributed by atoms with Crippen LogP contribution in [0.1, 0.15) is 36.8 Å². The van der Waals surface area contributed by atoms with E-state index in [2.05, 4.69) is 4.98 Å². The summed E-state index contributed by atoms with van der Waals surface area (Å²) in [6, 6.07) is 0. The first-order chi connectivity index (χ1) is 10.9. The molecule has 1 unspecified atom stereocenters. The molecule has 0 spiro atoms. The van der Waals surface area contributed by atoms with Crippen molar-refractivity contribution in [2.45, 2.75) is 39.8 Å². The molecular weight excluding hydrogens is 296 g/mol. The van der Waals surface area contributed by atoms with Crippen LogP contribution in [-0.2, 0) is 29.7 Å². The predicted molar refractivity (Wildman–Crippen MR) is 83.4 cm³/mol. The summed E-state index contributed by atoms with van der Waals surface area (Å²) < 4.78 is 1.52. The number of fused-ring (bicyclic) bond motifs is 1. The van der Waals surface area contributed by atoms with Gasteiger partial charge in [0, 0.05) is 27.1 Å². The van der Waals surface area contributed by atoms with E-state index in [-0.39, 0.29) is 23.3 Å². The van der Waals surface area contributed by atoms with Crippen molar-refractivity contribution >= 4 is 11.8 Å². The number of likely N-dealkylation sites (tertiary alicyclic amines) is 1. The second-order valence-electron chi connectivity index (χ2n) is 6.45. The largest absolute Gasteiger partial charge is 0.342 e. The second-order valence-corrected chi connectivity index (χ2v) is 6.45. The van der Waals surface area contributed by atoms with Crippen molar-refractivity contribution in [3.63, 3.8) is 0 Å². The summed E-state index contributed by atoms with van der Waals surface area (Å²) in [4.78, 5) is 44.5. The van der Waals surface area contributed by atoms with Gasteiger partial charge in [0.25, 0.3) is 5.56 Å². The maximum absolute atomic E-state index is 12.8. The number of hydrogen-bond donors (Lipinski definition) is 0. The molecule has 0 radical (unpaired) electrons. The summed E-state index contributed by atoms with van der Waals surface area (Å²) in [6.07, 6.45) is 1.63. The van der Waals surface area contributed by atoms with Crippen molar-refractivity contribution in [1.82, 2.24) is 19.4 Å². The van der Waals surface area contributed by atoms with E-state index in [1.54, 1.807) is 23.8 Å². The normalized spacial score (nSPS) is 20.6. The lowest BCUT2D eigenvalue weighted by atomic mass is 9.96. The van der Waals surface area contributed by atoms with Crippen LogP contribution in [0.3, 0.4) is 0 Å². The van der Waals surface area contributed by atoms with Crippen LogP contribution in [0.5, 0.6) is 0 Å². The zero-order valence-corrected chi connectivity index (χ0v) is 13.8. The summed E-state index contributed by atoms with van der Waals surface area (Å²) in [7, 11) is 1.70. The fourth-order valence-corrected chi connectivity index (χ4v) is 3.41. The lowest BCUT2D eigenvalue weighted by molar-refractivity contribution is -0.140. The highest BCUT2D eigenvalue weighted by Gasteiger charge is 2.34.